The molecule has 4 rings (SSSR count). The van der Waals surface area contributed by atoms with Crippen LogP contribution in [0.5, 0.6) is 5.75 Å². The molecule has 1 aromatic carbocycles. The van der Waals surface area contributed by atoms with Gasteiger partial charge in [0.2, 0.25) is 0 Å². The SMILES string of the molecule is O=C(COC(=O)c1c(-n2cccc2)sc2c1CCSC2)NCCc1ccc(OC(F)F)cc1. The summed E-state index contributed by atoms with van der Waals surface area (Å²) >= 11 is 3.43. The first-order valence-electron chi connectivity index (χ1n) is 10.3. The van der Waals surface area contributed by atoms with Crippen molar-refractivity contribution in [3.05, 3.63) is 70.4 Å². The number of ether oxygens (including phenoxy) is 2. The van der Waals surface area contributed by atoms with Crippen LogP contribution in [0.2, 0.25) is 0 Å². The lowest BCUT2D eigenvalue weighted by Crippen LogP contribution is -2.30. The summed E-state index contributed by atoms with van der Waals surface area (Å²) in [6, 6.07) is 10.0. The molecule has 1 amide bonds. The van der Waals surface area contributed by atoms with Crippen LogP contribution in [-0.2, 0) is 28.1 Å². The lowest BCUT2D eigenvalue weighted by atomic mass is 10.1. The fourth-order valence-corrected chi connectivity index (χ4v) is 5.95. The Morgan fingerprint density at radius 2 is 1.91 bits per heavy atom. The predicted molar refractivity (Wildman–Crippen MR) is 124 cm³/mol. The molecule has 0 atom stereocenters. The zero-order valence-electron chi connectivity index (χ0n) is 17.6. The molecule has 0 spiro atoms. The van der Waals surface area contributed by atoms with Crippen LogP contribution in [0.3, 0.4) is 0 Å². The number of carbonyl (C=O) groups excluding carboxylic acids is 2. The molecular formula is C23H22F2N2O4S2. The van der Waals surface area contributed by atoms with Gasteiger partial charge in [-0.3, -0.25) is 4.79 Å². The summed E-state index contributed by atoms with van der Waals surface area (Å²) in [7, 11) is 0. The number of nitrogens with one attached hydrogen (secondary N) is 1. The Morgan fingerprint density at radius 1 is 1.15 bits per heavy atom. The number of halogens is 2. The fraction of sp³-hybridized carbons (Fsp3) is 0.304. The van der Waals surface area contributed by atoms with Gasteiger partial charge >= 0.3 is 12.6 Å². The molecule has 0 saturated heterocycles. The topological polar surface area (TPSA) is 69.6 Å². The van der Waals surface area contributed by atoms with Crippen molar-refractivity contribution in [1.29, 1.82) is 0 Å². The minimum Gasteiger partial charge on any atom is -0.452 e. The van der Waals surface area contributed by atoms with E-state index in [-0.39, 0.29) is 12.4 Å². The van der Waals surface area contributed by atoms with E-state index in [0.717, 1.165) is 34.1 Å². The van der Waals surface area contributed by atoms with Gasteiger partial charge in [-0.25, -0.2) is 4.79 Å². The van der Waals surface area contributed by atoms with E-state index >= 15 is 0 Å². The molecule has 1 aliphatic rings. The largest absolute Gasteiger partial charge is 0.452 e. The maximum Gasteiger partial charge on any atom is 0.387 e. The summed E-state index contributed by atoms with van der Waals surface area (Å²) in [6.07, 6.45) is 5.08. The summed E-state index contributed by atoms with van der Waals surface area (Å²) in [5.74, 6) is 1.01. The number of nitrogens with zero attached hydrogens (tertiary/aromatic N) is 1. The number of carbonyl (C=O) groups is 2. The molecule has 33 heavy (non-hydrogen) atoms. The molecule has 0 radical (unpaired) electrons. The third-order valence-electron chi connectivity index (χ3n) is 5.06. The van der Waals surface area contributed by atoms with Crippen molar-refractivity contribution in [2.45, 2.75) is 25.2 Å². The van der Waals surface area contributed by atoms with Crippen molar-refractivity contribution >= 4 is 35.0 Å². The van der Waals surface area contributed by atoms with Crippen molar-refractivity contribution in [3.8, 4) is 10.8 Å². The van der Waals surface area contributed by atoms with E-state index in [2.05, 4.69) is 10.1 Å². The minimum atomic E-state index is -2.87. The van der Waals surface area contributed by atoms with Crippen molar-refractivity contribution in [2.24, 2.45) is 0 Å². The number of rotatable bonds is 9. The van der Waals surface area contributed by atoms with E-state index in [0.29, 0.717) is 18.5 Å². The number of thioether (sulfide) groups is 1. The van der Waals surface area contributed by atoms with E-state index in [9.17, 15) is 18.4 Å². The Kier molecular flexibility index (Phi) is 7.66. The molecular weight excluding hydrogens is 470 g/mol. The maximum atomic E-state index is 12.9. The van der Waals surface area contributed by atoms with Gasteiger partial charge in [0.1, 0.15) is 10.8 Å². The van der Waals surface area contributed by atoms with Gasteiger partial charge in [-0.05, 0) is 54.0 Å². The van der Waals surface area contributed by atoms with E-state index < -0.39 is 18.5 Å². The van der Waals surface area contributed by atoms with Crippen LogP contribution < -0.4 is 10.1 Å². The van der Waals surface area contributed by atoms with Crippen molar-refractivity contribution in [2.75, 3.05) is 18.9 Å². The van der Waals surface area contributed by atoms with Gasteiger partial charge in [-0.15, -0.1) is 11.3 Å². The van der Waals surface area contributed by atoms with Crippen LogP contribution in [0.25, 0.3) is 5.00 Å². The van der Waals surface area contributed by atoms with Crippen LogP contribution in [0, 0.1) is 0 Å². The lowest BCUT2D eigenvalue weighted by molar-refractivity contribution is -0.124. The number of esters is 1. The van der Waals surface area contributed by atoms with Crippen molar-refractivity contribution in [3.63, 3.8) is 0 Å². The number of thiophene rings is 1. The number of aromatic nitrogens is 1. The molecule has 3 heterocycles. The first kappa shape index (κ1) is 23.3. The van der Waals surface area contributed by atoms with Gasteiger partial charge in [0, 0.05) is 29.6 Å². The van der Waals surface area contributed by atoms with E-state index in [4.69, 9.17) is 4.74 Å². The van der Waals surface area contributed by atoms with E-state index in [1.54, 1.807) is 23.5 Å². The van der Waals surface area contributed by atoms with Crippen LogP contribution >= 0.6 is 23.1 Å². The Hall–Kier alpha value is -2.85. The summed E-state index contributed by atoms with van der Waals surface area (Å²) in [4.78, 5) is 26.3. The Bertz CT molecular complexity index is 1100. The molecule has 10 heteroatoms. The molecule has 174 valence electrons. The molecule has 1 aliphatic heterocycles. The van der Waals surface area contributed by atoms with Crippen LogP contribution in [0.1, 0.15) is 26.4 Å². The van der Waals surface area contributed by atoms with Crippen LogP contribution in [-0.4, -0.2) is 42.0 Å². The third kappa shape index (κ3) is 5.94. The number of hydrogen-bond donors (Lipinski definition) is 1. The highest BCUT2D eigenvalue weighted by atomic mass is 32.2. The maximum absolute atomic E-state index is 12.9. The van der Waals surface area contributed by atoms with Crippen molar-refractivity contribution < 1.29 is 27.8 Å². The minimum absolute atomic E-state index is 0.0817. The zero-order chi connectivity index (χ0) is 23.2. The molecule has 0 aliphatic carbocycles. The highest BCUT2D eigenvalue weighted by molar-refractivity contribution is 7.98. The van der Waals surface area contributed by atoms with Crippen LogP contribution in [0.4, 0.5) is 8.78 Å². The second-order valence-corrected chi connectivity index (χ2v) is 9.46. The lowest BCUT2D eigenvalue weighted by Gasteiger charge is -2.13. The molecule has 3 aromatic rings. The first-order valence-corrected chi connectivity index (χ1v) is 12.3. The standard InChI is InChI=1S/C23H22F2N2O4S2/c24-23(25)31-16-5-3-15(4-6-16)7-9-26-19(28)13-30-22(29)20-17-8-12-32-14-18(17)33-21(20)27-10-1-2-11-27/h1-6,10-11,23H,7-9,12-14H2,(H,26,28). The van der Waals surface area contributed by atoms with Gasteiger partial charge in [0.15, 0.2) is 6.61 Å². The predicted octanol–water partition coefficient (Wildman–Crippen LogP) is 4.45. The monoisotopic (exact) mass is 492 g/mol. The molecule has 0 saturated carbocycles. The summed E-state index contributed by atoms with van der Waals surface area (Å²) in [5, 5.41) is 3.53. The summed E-state index contributed by atoms with van der Waals surface area (Å²) in [5.41, 5.74) is 2.42. The fourth-order valence-electron chi connectivity index (χ4n) is 3.52. The number of benzene rings is 1. The van der Waals surface area contributed by atoms with Gasteiger partial charge in [-0.1, -0.05) is 12.1 Å². The first-order chi connectivity index (χ1) is 16.0. The van der Waals surface area contributed by atoms with Gasteiger partial charge in [0.25, 0.3) is 5.91 Å². The summed E-state index contributed by atoms with van der Waals surface area (Å²) in [6.45, 7) is -2.91. The van der Waals surface area contributed by atoms with Gasteiger partial charge in [-0.2, -0.15) is 20.5 Å². The molecule has 1 N–H and O–H groups in total. The normalized spacial score (nSPS) is 12.9. The third-order valence-corrected chi connectivity index (χ3v) is 7.48. The zero-order valence-corrected chi connectivity index (χ0v) is 19.2. The molecule has 6 nitrogen and oxygen atoms in total. The Balaban J connectivity index is 1.30. The number of amides is 1. The number of hydrogen-bond acceptors (Lipinski definition) is 6. The smallest absolute Gasteiger partial charge is 0.387 e. The Morgan fingerprint density at radius 3 is 2.64 bits per heavy atom. The molecule has 0 unspecified atom stereocenters. The van der Waals surface area contributed by atoms with E-state index in [1.165, 1.54) is 17.0 Å². The second kappa shape index (κ2) is 10.8. The average molecular weight is 493 g/mol. The van der Waals surface area contributed by atoms with Crippen LogP contribution in [0.15, 0.2) is 48.8 Å². The highest BCUT2D eigenvalue weighted by Crippen LogP contribution is 2.38. The highest BCUT2D eigenvalue weighted by Gasteiger charge is 2.27. The quantitative estimate of drug-likeness (QED) is 0.447. The molecule has 0 bridgehead atoms. The number of fused-ring (bicyclic) bond motifs is 1. The molecule has 0 fully saturated rings. The molecule has 2 aromatic heterocycles. The number of alkyl halides is 2. The summed E-state index contributed by atoms with van der Waals surface area (Å²) < 4.78 is 36.0. The van der Waals surface area contributed by atoms with Crippen molar-refractivity contribution in [1.82, 2.24) is 9.88 Å². The average Bonchev–Trinajstić information content (AvgIpc) is 3.46. The van der Waals surface area contributed by atoms with E-state index in [1.807, 2.05) is 40.9 Å². The van der Waals surface area contributed by atoms with Gasteiger partial charge in [0.05, 0.1) is 5.56 Å². The Labute approximate surface area is 197 Å². The van der Waals surface area contributed by atoms with Gasteiger partial charge < -0.3 is 19.4 Å². The second-order valence-electron chi connectivity index (χ2n) is 7.28.